The van der Waals surface area contributed by atoms with Crippen LogP contribution in [0.25, 0.3) is 0 Å². The number of hydrogen-bond acceptors (Lipinski definition) is 1. The molecule has 17 heavy (non-hydrogen) atoms. The van der Waals surface area contributed by atoms with Crippen LogP contribution in [-0.2, 0) is 4.74 Å². The van der Waals surface area contributed by atoms with Crippen molar-refractivity contribution in [3.8, 4) is 0 Å². The van der Waals surface area contributed by atoms with Gasteiger partial charge in [0.2, 0.25) is 0 Å². The van der Waals surface area contributed by atoms with E-state index in [4.69, 9.17) is 4.74 Å². The zero-order valence-electron chi connectivity index (χ0n) is 11.4. The van der Waals surface area contributed by atoms with E-state index in [0.717, 1.165) is 5.92 Å². The maximum atomic E-state index is 5.56. The minimum Gasteiger partial charge on any atom is -0.370 e. The first-order valence-electron chi connectivity index (χ1n) is 7.72. The lowest BCUT2D eigenvalue weighted by Crippen LogP contribution is -2.10. The summed E-state index contributed by atoms with van der Waals surface area (Å²) in [4.78, 5) is 0. The van der Waals surface area contributed by atoms with Gasteiger partial charge in [0, 0.05) is 0 Å². The van der Waals surface area contributed by atoms with E-state index >= 15 is 0 Å². The fraction of sp³-hybridized carbons (Fsp3) is 0.875. The third-order valence-corrected chi connectivity index (χ3v) is 4.18. The zero-order chi connectivity index (χ0) is 11.9. The van der Waals surface area contributed by atoms with Gasteiger partial charge in [0.25, 0.3) is 0 Å². The van der Waals surface area contributed by atoms with E-state index in [0.29, 0.717) is 12.2 Å². The summed E-state index contributed by atoms with van der Waals surface area (Å²) in [6, 6.07) is 0. The van der Waals surface area contributed by atoms with Crippen molar-refractivity contribution < 1.29 is 4.74 Å². The first-order chi connectivity index (χ1) is 8.40. The molecule has 0 aromatic rings. The van der Waals surface area contributed by atoms with Gasteiger partial charge in [0.05, 0.1) is 12.2 Å². The van der Waals surface area contributed by atoms with Gasteiger partial charge in [-0.3, -0.25) is 0 Å². The molecule has 0 amide bonds. The van der Waals surface area contributed by atoms with Crippen LogP contribution < -0.4 is 0 Å². The summed E-state index contributed by atoms with van der Waals surface area (Å²) in [6.45, 7) is 2.28. The summed E-state index contributed by atoms with van der Waals surface area (Å²) in [5.74, 6) is 0.818. The number of unbranched alkanes of at least 4 members (excludes halogenated alkanes) is 6. The van der Waals surface area contributed by atoms with Crippen molar-refractivity contribution >= 4 is 0 Å². The van der Waals surface area contributed by atoms with Gasteiger partial charge in [-0.2, -0.15) is 0 Å². The average Bonchev–Trinajstić information content (AvgIpc) is 3.11. The Kier molecular flexibility index (Phi) is 5.57. The molecule has 1 saturated heterocycles. The number of rotatable bonds is 8. The molecule has 2 fully saturated rings. The Labute approximate surface area is 107 Å². The number of epoxide rings is 1. The van der Waals surface area contributed by atoms with Crippen LogP contribution in [0.3, 0.4) is 0 Å². The third kappa shape index (κ3) is 4.83. The molecule has 0 aromatic heterocycles. The molecule has 1 heterocycles. The molecule has 98 valence electrons. The lowest BCUT2D eigenvalue weighted by atomic mass is 9.89. The number of fused-ring (bicyclic) bond motifs is 1. The molecule has 2 rings (SSSR count). The maximum Gasteiger partial charge on any atom is 0.0847 e. The molecule has 3 atom stereocenters. The van der Waals surface area contributed by atoms with Gasteiger partial charge in [0.15, 0.2) is 0 Å². The summed E-state index contributed by atoms with van der Waals surface area (Å²) in [7, 11) is 0. The lowest BCUT2D eigenvalue weighted by Gasteiger charge is -2.14. The molecular formula is C16H28O. The second kappa shape index (κ2) is 7.20. The van der Waals surface area contributed by atoms with Crippen LogP contribution in [-0.4, -0.2) is 12.2 Å². The molecule has 2 aliphatic rings. The Morgan fingerprint density at radius 1 is 1.00 bits per heavy atom. The number of allylic oxidation sites excluding steroid dienone is 2. The minimum atomic E-state index is 0.632. The van der Waals surface area contributed by atoms with E-state index in [1.54, 1.807) is 0 Å². The van der Waals surface area contributed by atoms with E-state index < -0.39 is 0 Å². The molecule has 1 heteroatoms. The molecule has 1 saturated carbocycles. The van der Waals surface area contributed by atoms with Crippen molar-refractivity contribution in [3.63, 3.8) is 0 Å². The third-order valence-electron chi connectivity index (χ3n) is 4.18. The fourth-order valence-corrected chi connectivity index (χ4v) is 2.94. The Bertz CT molecular complexity index is 234. The van der Waals surface area contributed by atoms with Gasteiger partial charge in [0.1, 0.15) is 0 Å². The highest BCUT2D eigenvalue weighted by molar-refractivity contribution is 4.99. The van der Waals surface area contributed by atoms with E-state index in [2.05, 4.69) is 19.1 Å². The van der Waals surface area contributed by atoms with Crippen molar-refractivity contribution in [1.82, 2.24) is 0 Å². The summed E-state index contributed by atoms with van der Waals surface area (Å²) in [6.07, 6.45) is 19.8. The molecule has 0 radical (unpaired) electrons. The van der Waals surface area contributed by atoms with Gasteiger partial charge >= 0.3 is 0 Å². The van der Waals surface area contributed by atoms with Crippen LogP contribution in [0.5, 0.6) is 0 Å². The van der Waals surface area contributed by atoms with Crippen LogP contribution in [0.15, 0.2) is 12.2 Å². The highest BCUT2D eigenvalue weighted by Gasteiger charge is 2.42. The quantitative estimate of drug-likeness (QED) is 0.333. The zero-order valence-corrected chi connectivity index (χ0v) is 11.4. The van der Waals surface area contributed by atoms with E-state index in [1.165, 1.54) is 64.2 Å². The second-order valence-electron chi connectivity index (χ2n) is 5.77. The molecular weight excluding hydrogens is 208 g/mol. The molecule has 0 bridgehead atoms. The standard InChI is InChI=1S/C16H28O/c1-2-3-4-5-6-7-8-9-10-14-11-12-15-16(13-14)17-15/h9-10,14-16H,2-8,11-13H2,1H3. The lowest BCUT2D eigenvalue weighted by molar-refractivity contribution is 0.370. The van der Waals surface area contributed by atoms with Gasteiger partial charge in [-0.05, 0) is 38.0 Å². The minimum absolute atomic E-state index is 0.632. The van der Waals surface area contributed by atoms with Gasteiger partial charge in [-0.15, -0.1) is 0 Å². The summed E-state index contributed by atoms with van der Waals surface area (Å²) < 4.78 is 5.56. The highest BCUT2D eigenvalue weighted by Crippen LogP contribution is 2.39. The van der Waals surface area contributed by atoms with Crippen LogP contribution in [0.1, 0.15) is 71.1 Å². The number of hydrogen-bond donors (Lipinski definition) is 0. The SMILES string of the molecule is CCCCCCCCC=CC1CCC2OC2C1. The Morgan fingerprint density at radius 3 is 2.65 bits per heavy atom. The van der Waals surface area contributed by atoms with E-state index in [1.807, 2.05) is 0 Å². The average molecular weight is 236 g/mol. The van der Waals surface area contributed by atoms with Crippen LogP contribution >= 0.6 is 0 Å². The topological polar surface area (TPSA) is 12.5 Å². The molecule has 0 aromatic carbocycles. The van der Waals surface area contributed by atoms with Crippen LogP contribution in [0.4, 0.5) is 0 Å². The van der Waals surface area contributed by atoms with E-state index in [9.17, 15) is 0 Å². The largest absolute Gasteiger partial charge is 0.370 e. The first-order valence-corrected chi connectivity index (χ1v) is 7.72. The predicted molar refractivity (Wildman–Crippen MR) is 73.1 cm³/mol. The Morgan fingerprint density at radius 2 is 1.82 bits per heavy atom. The predicted octanol–water partition coefficient (Wildman–Crippen LogP) is 4.86. The molecule has 0 N–H and O–H groups in total. The van der Waals surface area contributed by atoms with Crippen molar-refractivity contribution in [1.29, 1.82) is 0 Å². The normalized spacial score (nSPS) is 31.7. The fourth-order valence-electron chi connectivity index (χ4n) is 2.94. The molecule has 0 spiro atoms. The smallest absolute Gasteiger partial charge is 0.0847 e. The van der Waals surface area contributed by atoms with Gasteiger partial charge < -0.3 is 4.74 Å². The summed E-state index contributed by atoms with van der Waals surface area (Å²) >= 11 is 0. The Balaban J connectivity index is 1.44. The molecule has 1 aliphatic heterocycles. The highest BCUT2D eigenvalue weighted by atomic mass is 16.6. The van der Waals surface area contributed by atoms with Crippen molar-refractivity contribution in [2.45, 2.75) is 83.3 Å². The molecule has 1 aliphatic carbocycles. The van der Waals surface area contributed by atoms with Gasteiger partial charge in [-0.25, -0.2) is 0 Å². The summed E-state index contributed by atoms with van der Waals surface area (Å²) in [5, 5.41) is 0. The van der Waals surface area contributed by atoms with Crippen molar-refractivity contribution in [2.24, 2.45) is 5.92 Å². The van der Waals surface area contributed by atoms with Gasteiger partial charge in [-0.1, -0.05) is 51.2 Å². The molecule has 1 nitrogen and oxygen atoms in total. The first kappa shape index (κ1) is 13.1. The van der Waals surface area contributed by atoms with Crippen LogP contribution in [0, 0.1) is 5.92 Å². The van der Waals surface area contributed by atoms with Crippen LogP contribution in [0.2, 0.25) is 0 Å². The summed E-state index contributed by atoms with van der Waals surface area (Å²) in [5.41, 5.74) is 0. The Hall–Kier alpha value is -0.300. The monoisotopic (exact) mass is 236 g/mol. The van der Waals surface area contributed by atoms with Crippen molar-refractivity contribution in [3.05, 3.63) is 12.2 Å². The van der Waals surface area contributed by atoms with E-state index in [-0.39, 0.29) is 0 Å². The maximum absolute atomic E-state index is 5.56. The molecule has 3 unspecified atom stereocenters. The van der Waals surface area contributed by atoms with Crippen molar-refractivity contribution in [2.75, 3.05) is 0 Å². The number of ether oxygens (including phenoxy) is 1. The second-order valence-corrected chi connectivity index (χ2v) is 5.77.